The molecule has 1 aromatic heterocycles. The van der Waals surface area contributed by atoms with Crippen molar-refractivity contribution in [2.45, 2.75) is 57.8 Å². The van der Waals surface area contributed by atoms with Gasteiger partial charge in [-0.25, -0.2) is 4.90 Å². The number of anilines is 1. The van der Waals surface area contributed by atoms with Crippen molar-refractivity contribution in [2.24, 2.45) is 17.8 Å². The van der Waals surface area contributed by atoms with Crippen molar-refractivity contribution >= 4 is 17.5 Å². The maximum Gasteiger partial charge on any atom is 0.242 e. The zero-order chi connectivity index (χ0) is 19.4. The van der Waals surface area contributed by atoms with Crippen LogP contribution in [-0.2, 0) is 16.0 Å². The van der Waals surface area contributed by atoms with Crippen molar-refractivity contribution in [3.05, 3.63) is 53.3 Å². The van der Waals surface area contributed by atoms with Crippen molar-refractivity contribution in [1.82, 2.24) is 4.98 Å². The van der Waals surface area contributed by atoms with E-state index in [0.29, 0.717) is 17.5 Å². The molecule has 0 radical (unpaired) electrons. The molecule has 1 aromatic carbocycles. The molecule has 28 heavy (non-hydrogen) atoms. The van der Waals surface area contributed by atoms with E-state index >= 15 is 0 Å². The molecule has 0 spiro atoms. The van der Waals surface area contributed by atoms with E-state index in [1.807, 2.05) is 30.3 Å². The summed E-state index contributed by atoms with van der Waals surface area (Å²) in [7, 11) is 0. The first kappa shape index (κ1) is 17.7. The first-order valence-corrected chi connectivity index (χ1v) is 10.8. The van der Waals surface area contributed by atoms with Crippen LogP contribution in [0.5, 0.6) is 0 Å². The number of hydrogen-bond acceptors (Lipinski definition) is 2. The van der Waals surface area contributed by atoms with Crippen LogP contribution in [0.4, 0.5) is 5.69 Å². The average Bonchev–Trinajstić information content (AvgIpc) is 3.27. The van der Waals surface area contributed by atoms with Crippen LogP contribution in [0.1, 0.15) is 68.3 Å². The highest BCUT2D eigenvalue weighted by atomic mass is 16.2. The van der Waals surface area contributed by atoms with Crippen LogP contribution in [0, 0.1) is 17.8 Å². The minimum atomic E-state index is -0.323. The fourth-order valence-electron chi connectivity index (χ4n) is 6.00. The van der Waals surface area contributed by atoms with Gasteiger partial charge >= 0.3 is 0 Å². The lowest BCUT2D eigenvalue weighted by Gasteiger charge is -2.43. The molecule has 4 heteroatoms. The van der Waals surface area contributed by atoms with Crippen LogP contribution in [-0.4, -0.2) is 16.8 Å². The van der Waals surface area contributed by atoms with E-state index in [2.05, 4.69) is 24.9 Å². The van der Waals surface area contributed by atoms with Gasteiger partial charge in [0.15, 0.2) is 0 Å². The van der Waals surface area contributed by atoms with Gasteiger partial charge in [-0.1, -0.05) is 38.5 Å². The second-order valence-electron chi connectivity index (χ2n) is 8.73. The number of rotatable bonds is 3. The third kappa shape index (κ3) is 2.43. The Labute approximate surface area is 166 Å². The molecule has 146 valence electrons. The first-order valence-electron chi connectivity index (χ1n) is 10.8. The predicted molar refractivity (Wildman–Crippen MR) is 109 cm³/mol. The second-order valence-corrected chi connectivity index (χ2v) is 8.73. The van der Waals surface area contributed by atoms with Crippen molar-refractivity contribution in [2.75, 3.05) is 4.90 Å². The van der Waals surface area contributed by atoms with Crippen LogP contribution in [0.25, 0.3) is 0 Å². The fraction of sp³-hybridized carbons (Fsp3) is 0.500. The number of carbonyl (C=O) groups is 2. The molecule has 1 N–H and O–H groups in total. The van der Waals surface area contributed by atoms with Crippen molar-refractivity contribution in [1.29, 1.82) is 0 Å². The van der Waals surface area contributed by atoms with Crippen molar-refractivity contribution < 1.29 is 9.59 Å². The van der Waals surface area contributed by atoms with Gasteiger partial charge in [0.1, 0.15) is 0 Å². The van der Waals surface area contributed by atoms with Gasteiger partial charge in [-0.3, -0.25) is 9.59 Å². The highest BCUT2D eigenvalue weighted by molar-refractivity contribution is 6.24. The number of benzene rings is 1. The number of carbonyl (C=O) groups excluding carboxylic acids is 2. The van der Waals surface area contributed by atoms with Gasteiger partial charge < -0.3 is 4.98 Å². The SMILES string of the molecule is CCc1cc2c([nH]1)[C@H]1CCC(CC)C[C@@H]1[C@@H]1C(=O)N(c3ccccc3)C(=O)[C@H]21. The van der Waals surface area contributed by atoms with Gasteiger partial charge in [0.25, 0.3) is 0 Å². The number of aryl methyl sites for hydroxylation is 1. The summed E-state index contributed by atoms with van der Waals surface area (Å²) in [5, 5.41) is 0. The number of H-pyrrole nitrogens is 1. The third-order valence-corrected chi connectivity index (χ3v) is 7.44. The zero-order valence-electron chi connectivity index (χ0n) is 16.7. The molecule has 4 nitrogen and oxygen atoms in total. The van der Waals surface area contributed by atoms with Gasteiger partial charge in [0.2, 0.25) is 11.8 Å². The van der Waals surface area contributed by atoms with Crippen molar-refractivity contribution in [3.63, 3.8) is 0 Å². The highest BCUT2D eigenvalue weighted by Crippen LogP contribution is 2.57. The van der Waals surface area contributed by atoms with Crippen LogP contribution >= 0.6 is 0 Å². The van der Waals surface area contributed by atoms with E-state index in [1.54, 1.807) is 0 Å². The third-order valence-electron chi connectivity index (χ3n) is 7.44. The Balaban J connectivity index is 1.63. The standard InChI is InChI=1S/C24H28N2O2/c1-3-14-10-11-17-18(12-14)20-21(19-13-15(4-2)25-22(17)19)24(28)26(23(20)27)16-8-6-5-7-9-16/h5-9,13-14,17-18,20-21,25H,3-4,10-12H2,1-2H3/t14?,17-,18-,20-,21+/m0/s1. The molecule has 2 aromatic rings. The van der Waals surface area contributed by atoms with Crippen LogP contribution in [0.2, 0.25) is 0 Å². The zero-order valence-corrected chi connectivity index (χ0v) is 16.7. The summed E-state index contributed by atoms with van der Waals surface area (Å²) in [6.45, 7) is 4.39. The van der Waals surface area contributed by atoms with Gasteiger partial charge in [-0.2, -0.15) is 0 Å². The topological polar surface area (TPSA) is 53.2 Å². The molecule has 2 amide bonds. The largest absolute Gasteiger partial charge is 0.362 e. The molecule has 2 fully saturated rings. The van der Waals surface area contributed by atoms with E-state index in [0.717, 1.165) is 31.2 Å². The number of nitrogens with zero attached hydrogens (tertiary/aromatic N) is 1. The molecule has 0 bridgehead atoms. The van der Waals surface area contributed by atoms with E-state index in [1.165, 1.54) is 22.7 Å². The monoisotopic (exact) mass is 376 g/mol. The molecule has 1 saturated carbocycles. The number of para-hydroxylation sites is 1. The minimum Gasteiger partial charge on any atom is -0.362 e. The minimum absolute atomic E-state index is 0.0119. The van der Waals surface area contributed by atoms with Crippen molar-refractivity contribution in [3.8, 4) is 0 Å². The maximum atomic E-state index is 13.6. The Hall–Kier alpha value is -2.36. The Morgan fingerprint density at radius 1 is 1.07 bits per heavy atom. The molecular formula is C24H28N2O2. The van der Waals surface area contributed by atoms with E-state index in [-0.39, 0.29) is 29.6 Å². The summed E-state index contributed by atoms with van der Waals surface area (Å²) in [6.07, 6.45) is 5.48. The second kappa shape index (κ2) is 6.61. The number of amides is 2. The molecule has 5 rings (SSSR count). The number of fused-ring (bicyclic) bond motifs is 6. The van der Waals surface area contributed by atoms with Crippen LogP contribution in [0.15, 0.2) is 36.4 Å². The van der Waals surface area contributed by atoms with E-state index in [9.17, 15) is 9.59 Å². The summed E-state index contributed by atoms with van der Waals surface area (Å²) in [6, 6.07) is 11.6. The summed E-state index contributed by atoms with van der Waals surface area (Å²) >= 11 is 0. The number of hydrogen-bond donors (Lipinski definition) is 1. The van der Waals surface area contributed by atoms with Crippen LogP contribution in [0.3, 0.4) is 0 Å². The normalized spacial score (nSPS) is 31.5. The van der Waals surface area contributed by atoms with E-state index in [4.69, 9.17) is 0 Å². The van der Waals surface area contributed by atoms with E-state index < -0.39 is 0 Å². The Morgan fingerprint density at radius 2 is 1.86 bits per heavy atom. The predicted octanol–water partition coefficient (Wildman–Crippen LogP) is 4.77. The smallest absolute Gasteiger partial charge is 0.242 e. The maximum absolute atomic E-state index is 13.6. The molecule has 1 saturated heterocycles. The molecule has 1 aliphatic heterocycles. The highest BCUT2D eigenvalue weighted by Gasteiger charge is 2.58. The van der Waals surface area contributed by atoms with Gasteiger partial charge in [-0.15, -0.1) is 0 Å². The summed E-state index contributed by atoms with van der Waals surface area (Å²) in [5.74, 6) is 0.754. The molecule has 2 heterocycles. The number of nitrogens with one attached hydrogen (secondary N) is 1. The van der Waals surface area contributed by atoms with Gasteiger partial charge in [-0.05, 0) is 61.3 Å². The molecule has 1 unspecified atom stereocenters. The lowest BCUT2D eigenvalue weighted by Crippen LogP contribution is -2.39. The molecule has 5 atom stereocenters. The molecule has 3 aliphatic rings. The van der Waals surface area contributed by atoms with Gasteiger partial charge in [0.05, 0.1) is 17.5 Å². The fourth-order valence-corrected chi connectivity index (χ4v) is 6.00. The summed E-state index contributed by atoms with van der Waals surface area (Å²) < 4.78 is 0. The lowest BCUT2D eigenvalue weighted by molar-refractivity contribution is -0.123. The number of aromatic amines is 1. The average molecular weight is 377 g/mol. The Morgan fingerprint density at radius 3 is 2.57 bits per heavy atom. The lowest BCUT2D eigenvalue weighted by atomic mass is 9.59. The quantitative estimate of drug-likeness (QED) is 0.784. The van der Waals surface area contributed by atoms with Gasteiger partial charge in [0, 0.05) is 17.3 Å². The number of imide groups is 1. The van der Waals surface area contributed by atoms with Crippen LogP contribution < -0.4 is 4.90 Å². The molecule has 2 aliphatic carbocycles. The summed E-state index contributed by atoms with van der Waals surface area (Å²) in [4.78, 5) is 32.2. The first-order chi connectivity index (χ1) is 13.6. The molecular weight excluding hydrogens is 348 g/mol. The Kier molecular flexibility index (Phi) is 4.18. The Bertz CT molecular complexity index is 916. The summed E-state index contributed by atoms with van der Waals surface area (Å²) in [5.41, 5.74) is 4.23. The number of aromatic nitrogens is 1.